The number of amides is 2. The van der Waals surface area contributed by atoms with Gasteiger partial charge < -0.3 is 0 Å². The number of rotatable bonds is 5. The van der Waals surface area contributed by atoms with Crippen LogP contribution in [-0.2, 0) is 14.8 Å². The molecule has 1 aromatic heterocycles. The number of benzene rings is 1. The van der Waals surface area contributed by atoms with Gasteiger partial charge in [-0.15, -0.1) is 0 Å². The zero-order valence-corrected chi connectivity index (χ0v) is 14.7. The highest BCUT2D eigenvalue weighted by Crippen LogP contribution is 2.21. The molecule has 2 amide bonds. The number of sulfonamides is 1. The van der Waals surface area contributed by atoms with Gasteiger partial charge in [0.1, 0.15) is 12.2 Å². The lowest BCUT2D eigenvalue weighted by atomic mass is 10.3. The number of anilines is 1. The van der Waals surface area contributed by atoms with Gasteiger partial charge in [-0.25, -0.2) is 8.42 Å². The van der Waals surface area contributed by atoms with E-state index in [9.17, 15) is 18.0 Å². The molecule has 0 atom stereocenters. The van der Waals surface area contributed by atoms with E-state index >= 15 is 0 Å². The summed E-state index contributed by atoms with van der Waals surface area (Å²) in [7, 11) is -3.73. The van der Waals surface area contributed by atoms with Gasteiger partial charge in [0.05, 0.1) is 11.9 Å². The molecule has 0 aliphatic carbocycles. The summed E-state index contributed by atoms with van der Waals surface area (Å²) < 4.78 is 24.8. The van der Waals surface area contributed by atoms with Crippen LogP contribution in [0.15, 0.2) is 48.7 Å². The first-order valence-corrected chi connectivity index (χ1v) is 9.23. The summed E-state index contributed by atoms with van der Waals surface area (Å²) in [4.78, 5) is 27.6. The topological polar surface area (TPSA) is 108 Å². The first-order valence-electron chi connectivity index (χ1n) is 7.01. The maximum atomic E-state index is 12.0. The highest BCUT2D eigenvalue weighted by Gasteiger charge is 2.21. The van der Waals surface area contributed by atoms with Crippen molar-refractivity contribution in [1.29, 1.82) is 0 Å². The summed E-state index contributed by atoms with van der Waals surface area (Å²) in [6, 6.07) is 10.8. The number of aromatic nitrogens is 1. The van der Waals surface area contributed by atoms with Crippen molar-refractivity contribution in [3.05, 3.63) is 59.4 Å². The SMILES string of the molecule is CS(=O)(=O)N(CC(=O)NNC(=O)c1ccccn1)c1cccc(Cl)c1. The largest absolute Gasteiger partial charge is 0.288 e. The van der Waals surface area contributed by atoms with Gasteiger partial charge in [-0.3, -0.25) is 29.7 Å². The normalized spacial score (nSPS) is 10.8. The Hall–Kier alpha value is -2.65. The summed E-state index contributed by atoms with van der Waals surface area (Å²) in [5.41, 5.74) is 4.67. The van der Waals surface area contributed by atoms with Gasteiger partial charge in [0.15, 0.2) is 0 Å². The minimum atomic E-state index is -3.73. The summed E-state index contributed by atoms with van der Waals surface area (Å²) in [6.45, 7) is -0.526. The van der Waals surface area contributed by atoms with E-state index in [-0.39, 0.29) is 11.4 Å². The van der Waals surface area contributed by atoms with Crippen LogP contribution in [0.4, 0.5) is 5.69 Å². The van der Waals surface area contributed by atoms with Crippen molar-refractivity contribution in [1.82, 2.24) is 15.8 Å². The summed E-state index contributed by atoms with van der Waals surface area (Å²) >= 11 is 5.86. The maximum Gasteiger partial charge on any atom is 0.288 e. The molecule has 0 fully saturated rings. The lowest BCUT2D eigenvalue weighted by molar-refractivity contribution is -0.120. The van der Waals surface area contributed by atoms with Crippen molar-refractivity contribution in [2.45, 2.75) is 0 Å². The highest BCUT2D eigenvalue weighted by molar-refractivity contribution is 7.92. The number of hydrazine groups is 1. The average Bonchev–Trinajstić information content (AvgIpc) is 2.57. The van der Waals surface area contributed by atoms with Crippen LogP contribution in [-0.4, -0.2) is 38.0 Å². The Morgan fingerprint density at radius 1 is 1.16 bits per heavy atom. The Balaban J connectivity index is 2.04. The van der Waals surface area contributed by atoms with Gasteiger partial charge in [0, 0.05) is 11.2 Å². The van der Waals surface area contributed by atoms with Crippen molar-refractivity contribution in [3.63, 3.8) is 0 Å². The van der Waals surface area contributed by atoms with Gasteiger partial charge in [0.2, 0.25) is 10.0 Å². The van der Waals surface area contributed by atoms with Gasteiger partial charge in [-0.2, -0.15) is 0 Å². The van der Waals surface area contributed by atoms with Gasteiger partial charge in [0.25, 0.3) is 11.8 Å². The first kappa shape index (κ1) is 18.7. The van der Waals surface area contributed by atoms with E-state index in [4.69, 9.17) is 11.6 Å². The van der Waals surface area contributed by atoms with Crippen LogP contribution in [0, 0.1) is 0 Å². The van der Waals surface area contributed by atoms with Gasteiger partial charge >= 0.3 is 0 Å². The van der Waals surface area contributed by atoms with E-state index in [1.165, 1.54) is 24.4 Å². The number of hydrogen-bond acceptors (Lipinski definition) is 5. The lowest BCUT2D eigenvalue weighted by Crippen LogP contribution is -2.47. The highest BCUT2D eigenvalue weighted by atomic mass is 35.5. The Bertz CT molecular complexity index is 874. The molecule has 8 nitrogen and oxygen atoms in total. The molecule has 2 N–H and O–H groups in total. The second-order valence-electron chi connectivity index (χ2n) is 4.97. The lowest BCUT2D eigenvalue weighted by Gasteiger charge is -2.22. The number of carbonyl (C=O) groups is 2. The van der Waals surface area contributed by atoms with Crippen LogP contribution in [0.1, 0.15) is 10.5 Å². The molecule has 0 aliphatic heterocycles. The fourth-order valence-electron chi connectivity index (χ4n) is 1.89. The maximum absolute atomic E-state index is 12.0. The third-order valence-electron chi connectivity index (χ3n) is 3.00. The number of carbonyl (C=O) groups excluding carboxylic acids is 2. The van der Waals surface area contributed by atoms with Crippen molar-refractivity contribution in [2.75, 3.05) is 17.1 Å². The number of nitrogens with zero attached hydrogens (tertiary/aromatic N) is 2. The molecule has 2 rings (SSSR count). The zero-order valence-electron chi connectivity index (χ0n) is 13.1. The van der Waals surface area contributed by atoms with Gasteiger partial charge in [-0.1, -0.05) is 23.7 Å². The minimum Gasteiger partial charge on any atom is -0.271 e. The van der Waals surface area contributed by atoms with E-state index in [1.54, 1.807) is 24.3 Å². The molecular weight excluding hydrogens is 368 g/mol. The Morgan fingerprint density at radius 2 is 1.92 bits per heavy atom. The van der Waals surface area contributed by atoms with Gasteiger partial charge in [-0.05, 0) is 30.3 Å². The van der Waals surface area contributed by atoms with Crippen LogP contribution in [0.3, 0.4) is 0 Å². The monoisotopic (exact) mass is 382 g/mol. The van der Waals surface area contributed by atoms with E-state index in [1.807, 2.05) is 0 Å². The van der Waals surface area contributed by atoms with E-state index < -0.39 is 28.4 Å². The molecule has 1 heterocycles. The van der Waals surface area contributed by atoms with Crippen LogP contribution in [0.25, 0.3) is 0 Å². The van der Waals surface area contributed by atoms with Crippen molar-refractivity contribution >= 4 is 39.1 Å². The number of hydrogen-bond donors (Lipinski definition) is 2. The molecule has 0 spiro atoms. The van der Waals surface area contributed by atoms with Crippen LogP contribution in [0.2, 0.25) is 5.02 Å². The van der Waals surface area contributed by atoms with Crippen molar-refractivity contribution < 1.29 is 18.0 Å². The van der Waals surface area contributed by atoms with Crippen LogP contribution in [0.5, 0.6) is 0 Å². The van der Waals surface area contributed by atoms with E-state index in [2.05, 4.69) is 15.8 Å². The number of halogens is 1. The molecule has 2 aromatic rings. The Labute approximate surface area is 149 Å². The second kappa shape index (κ2) is 7.95. The predicted molar refractivity (Wildman–Crippen MR) is 93.5 cm³/mol. The average molecular weight is 383 g/mol. The summed E-state index contributed by atoms with van der Waals surface area (Å²) in [5.74, 6) is -1.35. The smallest absolute Gasteiger partial charge is 0.271 e. The fourth-order valence-corrected chi connectivity index (χ4v) is 2.92. The molecular formula is C15H15ClN4O4S. The number of nitrogens with one attached hydrogen (secondary N) is 2. The Kier molecular flexibility index (Phi) is 5.94. The predicted octanol–water partition coefficient (Wildman–Crippen LogP) is 0.962. The van der Waals surface area contributed by atoms with E-state index in [0.717, 1.165) is 10.6 Å². The molecule has 0 saturated heterocycles. The molecule has 0 radical (unpaired) electrons. The molecule has 132 valence electrons. The molecule has 0 bridgehead atoms. The first-order chi connectivity index (χ1) is 11.8. The molecule has 0 aliphatic rings. The minimum absolute atomic E-state index is 0.109. The molecule has 1 aromatic carbocycles. The Morgan fingerprint density at radius 3 is 2.52 bits per heavy atom. The molecule has 10 heteroatoms. The van der Waals surface area contributed by atoms with Crippen LogP contribution >= 0.6 is 11.6 Å². The quantitative estimate of drug-likeness (QED) is 0.749. The fraction of sp³-hybridized carbons (Fsp3) is 0.133. The van der Waals surface area contributed by atoms with Crippen molar-refractivity contribution in [2.24, 2.45) is 0 Å². The zero-order chi connectivity index (χ0) is 18.4. The van der Waals surface area contributed by atoms with Crippen LogP contribution < -0.4 is 15.2 Å². The second-order valence-corrected chi connectivity index (χ2v) is 7.31. The third-order valence-corrected chi connectivity index (χ3v) is 4.37. The third kappa shape index (κ3) is 5.44. The molecule has 25 heavy (non-hydrogen) atoms. The standard InChI is InChI=1S/C15H15ClN4O4S/c1-25(23,24)20(12-6-4-5-11(16)9-12)10-14(21)18-19-15(22)13-7-2-3-8-17-13/h2-9H,10H2,1H3,(H,18,21)(H,19,22). The molecule has 0 unspecified atom stereocenters. The van der Waals surface area contributed by atoms with Crippen molar-refractivity contribution in [3.8, 4) is 0 Å². The summed E-state index contributed by atoms with van der Waals surface area (Å²) in [5, 5.41) is 0.329. The number of pyridine rings is 1. The summed E-state index contributed by atoms with van der Waals surface area (Å²) in [6.07, 6.45) is 2.40. The van der Waals surface area contributed by atoms with E-state index in [0.29, 0.717) is 5.02 Å². The molecule has 0 saturated carbocycles.